The van der Waals surface area contributed by atoms with E-state index in [9.17, 15) is 9.18 Å². The molecule has 0 saturated heterocycles. The zero-order valence-corrected chi connectivity index (χ0v) is 11.4. The van der Waals surface area contributed by atoms with Gasteiger partial charge in [-0.15, -0.1) is 11.3 Å². The molecule has 0 aliphatic heterocycles. The van der Waals surface area contributed by atoms with E-state index in [1.807, 2.05) is 0 Å². The van der Waals surface area contributed by atoms with Gasteiger partial charge in [0.1, 0.15) is 5.82 Å². The first-order valence-corrected chi connectivity index (χ1v) is 6.50. The molecule has 2 nitrogen and oxygen atoms in total. The number of carbonyl (C=O) groups is 1. The van der Waals surface area contributed by atoms with Crippen molar-refractivity contribution in [1.29, 1.82) is 0 Å². The molecule has 2 aromatic rings. The van der Waals surface area contributed by atoms with Crippen molar-refractivity contribution >= 4 is 38.9 Å². The minimum absolute atomic E-state index is 0.199. The van der Waals surface area contributed by atoms with E-state index < -0.39 is 5.82 Å². The van der Waals surface area contributed by atoms with Gasteiger partial charge in [0.2, 0.25) is 0 Å². The summed E-state index contributed by atoms with van der Waals surface area (Å²) in [6, 6.07) is 8.18. The Labute approximate surface area is 111 Å². The van der Waals surface area contributed by atoms with Crippen molar-refractivity contribution < 1.29 is 9.18 Å². The lowest BCUT2D eigenvalue weighted by atomic mass is 10.2. The number of thiophene rings is 1. The minimum atomic E-state index is -0.422. The first-order chi connectivity index (χ1) is 8.06. The summed E-state index contributed by atoms with van der Waals surface area (Å²) < 4.78 is 14.4. The van der Waals surface area contributed by atoms with Gasteiger partial charge in [-0.25, -0.2) is 4.39 Å². The quantitative estimate of drug-likeness (QED) is 0.884. The maximum absolute atomic E-state index is 13.5. The largest absolute Gasteiger partial charge is 0.319 e. The molecule has 0 atom stereocenters. The number of benzene rings is 1. The minimum Gasteiger partial charge on any atom is -0.319 e. The van der Waals surface area contributed by atoms with Crippen molar-refractivity contribution in [2.24, 2.45) is 0 Å². The lowest BCUT2D eigenvalue weighted by molar-refractivity contribution is 0.103. The Morgan fingerprint density at radius 2 is 2.12 bits per heavy atom. The molecule has 1 N–H and O–H groups in total. The number of anilines is 1. The molecule has 0 saturated carbocycles. The van der Waals surface area contributed by atoms with E-state index in [0.717, 1.165) is 9.35 Å². The Hall–Kier alpha value is -1.20. The molecule has 5 heteroatoms. The molecular weight excluding hydrogens is 305 g/mol. The monoisotopic (exact) mass is 313 g/mol. The van der Waals surface area contributed by atoms with Gasteiger partial charge in [-0.1, -0.05) is 6.07 Å². The third-order valence-corrected chi connectivity index (χ3v) is 3.79. The lowest BCUT2D eigenvalue weighted by Gasteiger charge is -2.05. The fraction of sp³-hybridized carbons (Fsp3) is 0.0833. The molecule has 0 bridgehead atoms. The highest BCUT2D eigenvalue weighted by Gasteiger charge is 2.11. The van der Waals surface area contributed by atoms with Gasteiger partial charge in [0.15, 0.2) is 0 Å². The second-order valence-electron chi connectivity index (χ2n) is 3.54. The molecule has 17 heavy (non-hydrogen) atoms. The Morgan fingerprint density at radius 1 is 1.35 bits per heavy atom. The molecule has 0 aliphatic carbocycles. The first-order valence-electron chi connectivity index (χ1n) is 4.89. The van der Waals surface area contributed by atoms with Crippen LogP contribution in [0, 0.1) is 12.7 Å². The van der Waals surface area contributed by atoms with Crippen molar-refractivity contribution in [3.63, 3.8) is 0 Å². The molecule has 1 aromatic heterocycles. The van der Waals surface area contributed by atoms with Crippen molar-refractivity contribution in [3.8, 4) is 0 Å². The van der Waals surface area contributed by atoms with Crippen LogP contribution in [0.4, 0.5) is 10.1 Å². The molecule has 1 amide bonds. The predicted molar refractivity (Wildman–Crippen MR) is 71.1 cm³/mol. The number of nitrogens with one attached hydrogen (secondary N) is 1. The molecule has 0 radical (unpaired) electrons. The summed E-state index contributed by atoms with van der Waals surface area (Å²) in [4.78, 5) is 12.3. The average molecular weight is 314 g/mol. The summed E-state index contributed by atoms with van der Waals surface area (Å²) in [6.45, 7) is 1.80. The molecule has 2 rings (SSSR count). The van der Waals surface area contributed by atoms with E-state index in [0.29, 0.717) is 4.88 Å². The van der Waals surface area contributed by atoms with Crippen molar-refractivity contribution in [2.45, 2.75) is 6.92 Å². The molecule has 0 spiro atoms. The van der Waals surface area contributed by atoms with E-state index in [1.165, 1.54) is 17.4 Å². The summed E-state index contributed by atoms with van der Waals surface area (Å²) in [5.41, 5.74) is 1.02. The number of hydrogen-bond donors (Lipinski definition) is 1. The fourth-order valence-corrected chi connectivity index (χ4v) is 2.62. The van der Waals surface area contributed by atoms with Gasteiger partial charge in [0, 0.05) is 0 Å². The molecular formula is C12H9BrFNOS. The van der Waals surface area contributed by atoms with Gasteiger partial charge in [-0.2, -0.15) is 0 Å². The molecule has 88 valence electrons. The third-order valence-electron chi connectivity index (χ3n) is 2.17. The fourth-order valence-electron chi connectivity index (χ4n) is 1.34. The summed E-state index contributed by atoms with van der Waals surface area (Å²) in [5, 5.41) is 2.54. The van der Waals surface area contributed by atoms with E-state index in [1.54, 1.807) is 31.2 Å². The topological polar surface area (TPSA) is 29.1 Å². The standard InChI is InChI=1S/C12H9BrFNOS/c1-7-2-3-9(8(14)6-7)15-12(16)10-4-5-11(13)17-10/h2-6H,1H3,(H,15,16). The van der Waals surface area contributed by atoms with Crippen LogP contribution in [0.5, 0.6) is 0 Å². The van der Waals surface area contributed by atoms with Gasteiger partial charge in [0.25, 0.3) is 5.91 Å². The van der Waals surface area contributed by atoms with E-state index in [4.69, 9.17) is 0 Å². The molecule has 1 aromatic carbocycles. The molecule has 0 aliphatic rings. The highest BCUT2D eigenvalue weighted by Crippen LogP contribution is 2.23. The van der Waals surface area contributed by atoms with Gasteiger partial charge >= 0.3 is 0 Å². The highest BCUT2D eigenvalue weighted by molar-refractivity contribution is 9.11. The maximum atomic E-state index is 13.5. The highest BCUT2D eigenvalue weighted by atomic mass is 79.9. The Morgan fingerprint density at radius 3 is 2.71 bits per heavy atom. The second kappa shape index (κ2) is 4.98. The second-order valence-corrected chi connectivity index (χ2v) is 6.00. The predicted octanol–water partition coefficient (Wildman–Crippen LogP) is 4.21. The van der Waals surface area contributed by atoms with Crippen molar-refractivity contribution in [2.75, 3.05) is 5.32 Å². The van der Waals surface area contributed by atoms with E-state index in [-0.39, 0.29) is 11.6 Å². The Bertz CT molecular complexity index is 567. The SMILES string of the molecule is Cc1ccc(NC(=O)c2ccc(Br)s2)c(F)c1. The Kier molecular flexibility index (Phi) is 3.59. The number of halogens is 2. The van der Waals surface area contributed by atoms with Gasteiger partial charge in [-0.05, 0) is 52.7 Å². The molecule has 0 unspecified atom stereocenters. The number of rotatable bonds is 2. The smallest absolute Gasteiger partial charge is 0.265 e. The van der Waals surface area contributed by atoms with E-state index in [2.05, 4.69) is 21.2 Å². The van der Waals surface area contributed by atoms with Gasteiger partial charge in [-0.3, -0.25) is 4.79 Å². The van der Waals surface area contributed by atoms with Crippen LogP contribution >= 0.6 is 27.3 Å². The van der Waals surface area contributed by atoms with Crippen molar-refractivity contribution in [1.82, 2.24) is 0 Å². The summed E-state index contributed by atoms with van der Waals surface area (Å²) in [5.74, 6) is -0.725. The average Bonchev–Trinajstić information content (AvgIpc) is 2.69. The van der Waals surface area contributed by atoms with Crippen LogP contribution in [0.15, 0.2) is 34.1 Å². The maximum Gasteiger partial charge on any atom is 0.265 e. The van der Waals surface area contributed by atoms with Gasteiger partial charge < -0.3 is 5.32 Å². The van der Waals surface area contributed by atoms with Crippen molar-refractivity contribution in [3.05, 3.63) is 50.4 Å². The van der Waals surface area contributed by atoms with Crippen LogP contribution in [0.1, 0.15) is 15.2 Å². The van der Waals surface area contributed by atoms with E-state index >= 15 is 0 Å². The Balaban J connectivity index is 2.18. The van der Waals surface area contributed by atoms with Crippen LogP contribution in [0.2, 0.25) is 0 Å². The zero-order chi connectivity index (χ0) is 12.4. The number of carbonyl (C=O) groups excluding carboxylic acids is 1. The number of aryl methyl sites for hydroxylation is 1. The zero-order valence-electron chi connectivity index (χ0n) is 8.96. The van der Waals surface area contributed by atoms with Crippen LogP contribution in [-0.4, -0.2) is 5.91 Å². The summed E-state index contributed by atoms with van der Waals surface area (Å²) >= 11 is 4.58. The molecule has 0 fully saturated rings. The third kappa shape index (κ3) is 2.92. The van der Waals surface area contributed by atoms with Crippen LogP contribution in [0.3, 0.4) is 0 Å². The first kappa shape index (κ1) is 12.3. The van der Waals surface area contributed by atoms with Gasteiger partial charge in [0.05, 0.1) is 14.4 Å². The molecule has 1 heterocycles. The van der Waals surface area contributed by atoms with Crippen LogP contribution in [0.25, 0.3) is 0 Å². The summed E-state index contributed by atoms with van der Waals surface area (Å²) in [7, 11) is 0. The summed E-state index contributed by atoms with van der Waals surface area (Å²) in [6.07, 6.45) is 0. The van der Waals surface area contributed by atoms with Crippen LogP contribution in [-0.2, 0) is 0 Å². The lowest BCUT2D eigenvalue weighted by Crippen LogP contribution is -2.11. The van der Waals surface area contributed by atoms with Crippen LogP contribution < -0.4 is 5.32 Å². The number of amides is 1. The number of hydrogen-bond acceptors (Lipinski definition) is 2. The normalized spacial score (nSPS) is 10.3.